The van der Waals surface area contributed by atoms with Crippen LogP contribution in [-0.2, 0) is 4.79 Å². The first-order valence-electron chi connectivity index (χ1n) is 10.3. The second-order valence-corrected chi connectivity index (χ2v) is 8.33. The molecule has 1 unspecified atom stereocenters. The number of furan rings is 1. The van der Waals surface area contributed by atoms with Crippen molar-refractivity contribution in [1.29, 1.82) is 0 Å². The largest absolute Gasteiger partial charge is 0.459 e. The average molecular weight is 440 g/mol. The molecule has 1 atom stereocenters. The number of nitrogens with one attached hydrogen (secondary N) is 2. The summed E-state index contributed by atoms with van der Waals surface area (Å²) in [6.07, 6.45) is 3.00. The maximum absolute atomic E-state index is 13.6. The molecule has 4 N–H and O–H groups in total. The van der Waals surface area contributed by atoms with E-state index in [2.05, 4.69) is 20.6 Å². The third kappa shape index (κ3) is 4.20. The Morgan fingerprint density at radius 1 is 1.25 bits per heavy atom. The van der Waals surface area contributed by atoms with Gasteiger partial charge >= 0.3 is 6.03 Å². The molecule has 9 nitrogen and oxygen atoms in total. The van der Waals surface area contributed by atoms with E-state index in [-0.39, 0.29) is 23.6 Å². The highest BCUT2D eigenvalue weighted by molar-refractivity contribution is 5.89. The Bertz CT molecular complexity index is 1150. The smallest absolute Gasteiger partial charge is 0.319 e. The number of primary amides is 1. The van der Waals surface area contributed by atoms with Crippen LogP contribution in [-0.4, -0.2) is 35.0 Å². The number of carbonyl (C=O) groups excluding carboxylic acids is 2. The molecule has 1 aliphatic heterocycles. The van der Waals surface area contributed by atoms with Crippen LogP contribution in [0, 0.1) is 24.6 Å². The Hall–Kier alpha value is -3.69. The van der Waals surface area contributed by atoms with Gasteiger partial charge in [-0.05, 0) is 31.0 Å². The topological polar surface area (TPSA) is 126 Å². The number of rotatable bonds is 6. The number of hydrogen-bond acceptors (Lipinski definition) is 6. The minimum absolute atomic E-state index is 0.0214. The highest BCUT2D eigenvalue weighted by atomic mass is 19.1. The first kappa shape index (κ1) is 21.5. The molecule has 2 aromatic heterocycles. The van der Waals surface area contributed by atoms with Crippen molar-refractivity contribution in [2.45, 2.75) is 26.8 Å². The van der Waals surface area contributed by atoms with Gasteiger partial charge < -0.3 is 25.7 Å². The number of amides is 3. The van der Waals surface area contributed by atoms with E-state index in [1.165, 1.54) is 24.5 Å². The van der Waals surface area contributed by atoms with E-state index in [1.54, 1.807) is 6.07 Å². The van der Waals surface area contributed by atoms with Gasteiger partial charge in [0.25, 0.3) is 0 Å². The number of anilines is 2. The molecule has 4 rings (SSSR count). The zero-order chi connectivity index (χ0) is 23.0. The van der Waals surface area contributed by atoms with E-state index < -0.39 is 12.1 Å². The van der Waals surface area contributed by atoms with E-state index >= 15 is 0 Å². The van der Waals surface area contributed by atoms with E-state index in [0.29, 0.717) is 41.5 Å². The van der Waals surface area contributed by atoms with Crippen LogP contribution in [0.5, 0.6) is 0 Å². The SMILES string of the molecule is Cc1c(C(NC(=O)Nc2cnc(N3CC(C(N)=O)C3)nc2)C(C)C)oc2ccc(F)cc12. The summed E-state index contributed by atoms with van der Waals surface area (Å²) in [5.74, 6) is 0.219. The van der Waals surface area contributed by atoms with Crippen molar-refractivity contribution in [1.82, 2.24) is 15.3 Å². The Kier molecular flexibility index (Phi) is 5.68. The molecule has 0 aliphatic carbocycles. The molecule has 0 saturated carbocycles. The third-order valence-corrected chi connectivity index (χ3v) is 5.63. The van der Waals surface area contributed by atoms with Gasteiger partial charge in [-0.3, -0.25) is 4.79 Å². The third-order valence-electron chi connectivity index (χ3n) is 5.63. The highest BCUT2D eigenvalue weighted by Crippen LogP contribution is 2.33. The average Bonchev–Trinajstić information content (AvgIpc) is 3.01. The monoisotopic (exact) mass is 440 g/mol. The summed E-state index contributed by atoms with van der Waals surface area (Å²) in [6.45, 7) is 6.74. The van der Waals surface area contributed by atoms with Gasteiger partial charge in [0, 0.05) is 24.0 Å². The van der Waals surface area contributed by atoms with E-state index in [0.717, 1.165) is 5.56 Å². The van der Waals surface area contributed by atoms with Gasteiger partial charge in [0.15, 0.2) is 0 Å². The standard InChI is InChI=1S/C22H25FN6O3/c1-11(2)18(19-12(3)16-6-14(23)4-5-17(16)32-19)28-22(31)27-15-7-25-21(26-8-15)29-9-13(10-29)20(24)30/h4-8,11,13,18H,9-10H2,1-3H3,(H2,24,30)(H2,27,28,31). The minimum Gasteiger partial charge on any atom is -0.459 e. The van der Waals surface area contributed by atoms with Gasteiger partial charge in [0.2, 0.25) is 11.9 Å². The molecule has 10 heteroatoms. The molecular formula is C22H25FN6O3. The van der Waals surface area contributed by atoms with Crippen LogP contribution in [0.15, 0.2) is 35.0 Å². The molecule has 3 aromatic rings. The lowest BCUT2D eigenvalue weighted by atomic mass is 9.98. The first-order chi connectivity index (χ1) is 15.2. The number of benzene rings is 1. The predicted molar refractivity (Wildman–Crippen MR) is 118 cm³/mol. The van der Waals surface area contributed by atoms with Gasteiger partial charge in [-0.15, -0.1) is 0 Å². The van der Waals surface area contributed by atoms with E-state index in [9.17, 15) is 14.0 Å². The molecule has 168 valence electrons. The van der Waals surface area contributed by atoms with Crippen molar-refractivity contribution in [3.8, 4) is 0 Å². The molecule has 32 heavy (non-hydrogen) atoms. The normalized spacial score (nSPS) is 15.0. The molecule has 1 saturated heterocycles. The quantitative estimate of drug-likeness (QED) is 0.541. The van der Waals surface area contributed by atoms with Crippen LogP contribution in [0.2, 0.25) is 0 Å². The summed E-state index contributed by atoms with van der Waals surface area (Å²) in [5.41, 5.74) is 7.05. The zero-order valence-electron chi connectivity index (χ0n) is 18.1. The number of nitrogens with zero attached hydrogens (tertiary/aromatic N) is 3. The number of carbonyl (C=O) groups is 2. The van der Waals surface area contributed by atoms with Crippen LogP contribution in [0.1, 0.15) is 31.2 Å². The second-order valence-electron chi connectivity index (χ2n) is 8.33. The maximum atomic E-state index is 13.6. The lowest BCUT2D eigenvalue weighted by molar-refractivity contribution is -0.122. The van der Waals surface area contributed by atoms with Gasteiger partial charge in [0.1, 0.15) is 17.2 Å². The van der Waals surface area contributed by atoms with Crippen molar-refractivity contribution in [3.05, 3.63) is 47.7 Å². The highest BCUT2D eigenvalue weighted by Gasteiger charge is 2.32. The molecule has 1 aromatic carbocycles. The number of urea groups is 1. The number of fused-ring (bicyclic) bond motifs is 1. The second kappa shape index (κ2) is 8.45. The number of halogens is 1. The Labute approximate surface area is 184 Å². The summed E-state index contributed by atoms with van der Waals surface area (Å²) in [6, 6.07) is 3.50. The summed E-state index contributed by atoms with van der Waals surface area (Å²) in [7, 11) is 0. The van der Waals surface area contributed by atoms with Crippen molar-refractivity contribution < 1.29 is 18.4 Å². The molecule has 0 spiro atoms. The molecule has 3 amide bonds. The van der Waals surface area contributed by atoms with Crippen molar-refractivity contribution in [2.24, 2.45) is 17.6 Å². The molecule has 0 bridgehead atoms. The fraction of sp³-hybridized carbons (Fsp3) is 0.364. The van der Waals surface area contributed by atoms with Crippen LogP contribution in [0.4, 0.5) is 20.8 Å². The lowest BCUT2D eigenvalue weighted by Gasteiger charge is -2.37. The fourth-order valence-electron chi connectivity index (χ4n) is 3.72. The van der Waals surface area contributed by atoms with Gasteiger partial charge in [0.05, 0.1) is 30.0 Å². The van der Waals surface area contributed by atoms with Crippen LogP contribution in [0.3, 0.4) is 0 Å². The van der Waals surface area contributed by atoms with Crippen molar-refractivity contribution >= 4 is 34.5 Å². The minimum atomic E-state index is -0.441. The summed E-state index contributed by atoms with van der Waals surface area (Å²) >= 11 is 0. The lowest BCUT2D eigenvalue weighted by Crippen LogP contribution is -2.53. The van der Waals surface area contributed by atoms with Crippen molar-refractivity contribution in [2.75, 3.05) is 23.3 Å². The van der Waals surface area contributed by atoms with Crippen LogP contribution in [0.25, 0.3) is 11.0 Å². The van der Waals surface area contributed by atoms with Gasteiger partial charge in [-0.2, -0.15) is 0 Å². The first-order valence-corrected chi connectivity index (χ1v) is 10.3. The number of aromatic nitrogens is 2. The summed E-state index contributed by atoms with van der Waals surface area (Å²) in [4.78, 5) is 34.1. The summed E-state index contributed by atoms with van der Waals surface area (Å²) < 4.78 is 19.6. The molecule has 3 heterocycles. The zero-order valence-corrected chi connectivity index (χ0v) is 18.1. The summed E-state index contributed by atoms with van der Waals surface area (Å²) in [5, 5.41) is 6.32. The Morgan fingerprint density at radius 3 is 2.56 bits per heavy atom. The number of aryl methyl sites for hydroxylation is 1. The molecular weight excluding hydrogens is 415 g/mol. The Morgan fingerprint density at radius 2 is 1.94 bits per heavy atom. The van der Waals surface area contributed by atoms with Gasteiger partial charge in [-0.25, -0.2) is 19.2 Å². The van der Waals surface area contributed by atoms with E-state index in [4.69, 9.17) is 10.2 Å². The number of nitrogens with two attached hydrogens (primary N) is 1. The Balaban J connectivity index is 1.43. The fourth-order valence-corrected chi connectivity index (χ4v) is 3.72. The van der Waals surface area contributed by atoms with E-state index in [1.807, 2.05) is 25.7 Å². The number of hydrogen-bond donors (Lipinski definition) is 3. The van der Waals surface area contributed by atoms with Crippen LogP contribution >= 0.6 is 0 Å². The maximum Gasteiger partial charge on any atom is 0.319 e. The predicted octanol–water partition coefficient (Wildman–Crippen LogP) is 3.11. The van der Waals surface area contributed by atoms with Crippen LogP contribution < -0.4 is 21.3 Å². The molecule has 1 fully saturated rings. The van der Waals surface area contributed by atoms with Gasteiger partial charge in [-0.1, -0.05) is 13.8 Å². The van der Waals surface area contributed by atoms with Crippen molar-refractivity contribution in [3.63, 3.8) is 0 Å². The molecule has 1 aliphatic rings. The molecule has 0 radical (unpaired) electrons.